The van der Waals surface area contributed by atoms with Crippen LogP contribution in [0.15, 0.2) is 24.3 Å². The minimum atomic E-state index is 0.0646. The van der Waals surface area contributed by atoms with Gasteiger partial charge in [-0.3, -0.25) is 0 Å². The molecule has 1 aromatic carbocycles. The fourth-order valence-electron chi connectivity index (χ4n) is 3.80. The number of hydrogen-bond acceptors (Lipinski definition) is 1. The van der Waals surface area contributed by atoms with Crippen molar-refractivity contribution in [2.45, 2.75) is 69.5 Å². The van der Waals surface area contributed by atoms with Gasteiger partial charge >= 0.3 is 0 Å². The van der Waals surface area contributed by atoms with E-state index in [2.05, 4.69) is 38.1 Å². The van der Waals surface area contributed by atoms with Gasteiger partial charge in [0, 0.05) is 0 Å². The molecule has 2 aliphatic rings. The highest BCUT2D eigenvalue weighted by Gasteiger charge is 2.35. The largest absolute Gasteiger partial charge is 0.372 e. The fourth-order valence-corrected chi connectivity index (χ4v) is 4.25. The molecule has 1 aliphatic carbocycles. The van der Waals surface area contributed by atoms with Crippen molar-refractivity contribution in [2.24, 2.45) is 5.92 Å². The number of rotatable bonds is 2. The number of alkyl halides is 1. The SMILES string of the molecule is CC1(C)CCC(CC2CCCc3ccccc3C2Cl)O1. The molecule has 2 heteroatoms. The molecule has 0 spiro atoms. The molecule has 1 aromatic rings. The van der Waals surface area contributed by atoms with Gasteiger partial charge in [-0.05, 0) is 69.4 Å². The zero-order valence-electron chi connectivity index (χ0n) is 12.6. The maximum atomic E-state index is 6.81. The molecule has 1 nitrogen and oxygen atoms in total. The summed E-state index contributed by atoms with van der Waals surface area (Å²) in [6, 6.07) is 8.70. The molecule has 1 aliphatic heterocycles. The van der Waals surface area contributed by atoms with Crippen LogP contribution in [-0.2, 0) is 11.2 Å². The normalized spacial score (nSPS) is 32.6. The van der Waals surface area contributed by atoms with Crippen molar-refractivity contribution in [1.82, 2.24) is 0 Å². The Bertz CT molecular complexity index is 468. The minimum absolute atomic E-state index is 0.0646. The van der Waals surface area contributed by atoms with Crippen LogP contribution in [0.25, 0.3) is 0 Å². The lowest BCUT2D eigenvalue weighted by molar-refractivity contribution is -0.0252. The fraction of sp³-hybridized carbons (Fsp3) is 0.667. The second-order valence-corrected chi connectivity index (χ2v) is 7.50. The molecule has 0 saturated carbocycles. The van der Waals surface area contributed by atoms with E-state index in [1.54, 1.807) is 0 Å². The van der Waals surface area contributed by atoms with E-state index in [0.717, 1.165) is 6.42 Å². The quantitative estimate of drug-likeness (QED) is 0.533. The molecule has 3 unspecified atom stereocenters. The lowest BCUT2D eigenvalue weighted by atomic mass is 9.90. The summed E-state index contributed by atoms with van der Waals surface area (Å²) in [5, 5.41) is 0.154. The lowest BCUT2D eigenvalue weighted by Crippen LogP contribution is -2.22. The van der Waals surface area contributed by atoms with Crippen LogP contribution in [0.1, 0.15) is 62.5 Å². The van der Waals surface area contributed by atoms with E-state index in [9.17, 15) is 0 Å². The van der Waals surface area contributed by atoms with Crippen LogP contribution in [0.4, 0.5) is 0 Å². The van der Waals surface area contributed by atoms with Crippen LogP contribution in [0.2, 0.25) is 0 Å². The van der Waals surface area contributed by atoms with Gasteiger partial charge in [-0.15, -0.1) is 11.6 Å². The Morgan fingerprint density at radius 2 is 2.05 bits per heavy atom. The Hall–Kier alpha value is -0.530. The molecule has 3 rings (SSSR count). The van der Waals surface area contributed by atoms with Crippen molar-refractivity contribution < 1.29 is 4.74 Å². The molecular weight excluding hydrogens is 268 g/mol. The van der Waals surface area contributed by atoms with E-state index in [0.29, 0.717) is 12.0 Å². The molecule has 0 radical (unpaired) electrons. The Kier molecular flexibility index (Phi) is 4.10. The van der Waals surface area contributed by atoms with Crippen LogP contribution >= 0.6 is 11.6 Å². The second kappa shape index (κ2) is 5.69. The molecule has 1 saturated heterocycles. The van der Waals surface area contributed by atoms with Crippen LogP contribution in [0.5, 0.6) is 0 Å². The summed E-state index contributed by atoms with van der Waals surface area (Å²) in [7, 11) is 0. The van der Waals surface area contributed by atoms with Crippen molar-refractivity contribution in [3.63, 3.8) is 0 Å². The number of fused-ring (bicyclic) bond motifs is 1. The third-order valence-electron chi connectivity index (χ3n) is 4.91. The number of benzene rings is 1. The third-order valence-corrected chi connectivity index (χ3v) is 5.50. The molecule has 0 bridgehead atoms. The topological polar surface area (TPSA) is 9.23 Å². The zero-order chi connectivity index (χ0) is 14.2. The molecule has 1 fully saturated rings. The van der Waals surface area contributed by atoms with Crippen LogP contribution in [0, 0.1) is 5.92 Å². The van der Waals surface area contributed by atoms with Gasteiger partial charge in [-0.2, -0.15) is 0 Å². The zero-order valence-corrected chi connectivity index (χ0v) is 13.3. The summed E-state index contributed by atoms with van der Waals surface area (Å²) in [5.74, 6) is 0.555. The van der Waals surface area contributed by atoms with Crippen molar-refractivity contribution in [1.29, 1.82) is 0 Å². The Labute approximate surface area is 127 Å². The van der Waals surface area contributed by atoms with Gasteiger partial charge in [0.1, 0.15) is 0 Å². The van der Waals surface area contributed by atoms with E-state index in [-0.39, 0.29) is 11.0 Å². The number of hydrogen-bond donors (Lipinski definition) is 0. The molecule has 3 atom stereocenters. The molecule has 110 valence electrons. The number of halogens is 1. The average Bonchev–Trinajstić information content (AvgIpc) is 2.68. The number of aryl methyl sites for hydroxylation is 1. The predicted octanol–water partition coefficient (Wildman–Crippen LogP) is 5.27. The second-order valence-electron chi connectivity index (χ2n) is 7.03. The predicted molar refractivity (Wildman–Crippen MR) is 84.3 cm³/mol. The van der Waals surface area contributed by atoms with E-state index < -0.39 is 0 Å². The van der Waals surface area contributed by atoms with Crippen molar-refractivity contribution in [3.05, 3.63) is 35.4 Å². The summed E-state index contributed by atoms with van der Waals surface area (Å²) in [6.45, 7) is 4.40. The van der Waals surface area contributed by atoms with Crippen LogP contribution in [0.3, 0.4) is 0 Å². The molecular formula is C18H25ClO. The first-order valence-electron chi connectivity index (χ1n) is 7.95. The van der Waals surface area contributed by atoms with Crippen LogP contribution in [-0.4, -0.2) is 11.7 Å². The highest BCUT2D eigenvalue weighted by molar-refractivity contribution is 6.21. The Morgan fingerprint density at radius 3 is 2.80 bits per heavy atom. The van der Waals surface area contributed by atoms with Gasteiger partial charge in [-0.25, -0.2) is 0 Å². The lowest BCUT2D eigenvalue weighted by Gasteiger charge is -2.26. The Morgan fingerprint density at radius 1 is 1.25 bits per heavy atom. The molecule has 0 aromatic heterocycles. The van der Waals surface area contributed by atoms with Crippen LogP contribution < -0.4 is 0 Å². The molecule has 0 amide bonds. The van der Waals surface area contributed by atoms with E-state index in [1.807, 2.05) is 0 Å². The van der Waals surface area contributed by atoms with Gasteiger partial charge in [0.15, 0.2) is 0 Å². The first-order chi connectivity index (χ1) is 9.55. The first-order valence-corrected chi connectivity index (χ1v) is 8.38. The van der Waals surface area contributed by atoms with Gasteiger partial charge in [0.05, 0.1) is 17.1 Å². The molecule has 1 heterocycles. The maximum absolute atomic E-state index is 6.81. The van der Waals surface area contributed by atoms with Crippen molar-refractivity contribution in [2.75, 3.05) is 0 Å². The monoisotopic (exact) mass is 292 g/mol. The third kappa shape index (κ3) is 3.04. The molecule has 0 N–H and O–H groups in total. The van der Waals surface area contributed by atoms with Gasteiger partial charge in [0.2, 0.25) is 0 Å². The van der Waals surface area contributed by atoms with Crippen molar-refractivity contribution in [3.8, 4) is 0 Å². The smallest absolute Gasteiger partial charge is 0.0631 e. The summed E-state index contributed by atoms with van der Waals surface area (Å²) in [4.78, 5) is 0. The minimum Gasteiger partial charge on any atom is -0.372 e. The highest BCUT2D eigenvalue weighted by atomic mass is 35.5. The highest BCUT2D eigenvalue weighted by Crippen LogP contribution is 2.42. The van der Waals surface area contributed by atoms with E-state index in [4.69, 9.17) is 16.3 Å². The Balaban J connectivity index is 1.72. The standard InChI is InChI=1S/C18H25ClO/c1-18(2)11-10-15(20-18)12-14-8-5-7-13-6-3-4-9-16(13)17(14)19/h3-4,6,9,14-15,17H,5,7-8,10-12H2,1-2H3. The van der Waals surface area contributed by atoms with Gasteiger partial charge in [0.25, 0.3) is 0 Å². The summed E-state index contributed by atoms with van der Waals surface area (Å²) in [6.07, 6.45) is 7.53. The molecule has 20 heavy (non-hydrogen) atoms. The van der Waals surface area contributed by atoms with Crippen molar-refractivity contribution >= 4 is 11.6 Å². The van der Waals surface area contributed by atoms with Gasteiger partial charge < -0.3 is 4.74 Å². The maximum Gasteiger partial charge on any atom is 0.0631 e. The van der Waals surface area contributed by atoms with Gasteiger partial charge in [-0.1, -0.05) is 24.3 Å². The number of ether oxygens (including phenoxy) is 1. The summed E-state index contributed by atoms with van der Waals surface area (Å²) in [5.41, 5.74) is 2.87. The van der Waals surface area contributed by atoms with E-state index >= 15 is 0 Å². The average molecular weight is 293 g/mol. The van der Waals surface area contributed by atoms with E-state index in [1.165, 1.54) is 43.2 Å². The summed E-state index contributed by atoms with van der Waals surface area (Å²) < 4.78 is 6.17. The summed E-state index contributed by atoms with van der Waals surface area (Å²) >= 11 is 6.81. The first kappa shape index (κ1) is 14.4.